The number of fused-ring (bicyclic) bond motifs is 2. The van der Waals surface area contributed by atoms with Crippen LogP contribution in [0.5, 0.6) is 5.75 Å². The Morgan fingerprint density at radius 1 is 1.32 bits per heavy atom. The highest BCUT2D eigenvalue weighted by Crippen LogP contribution is 2.44. The standard InChI is InChI=1S/C17H20F3NO3S/c1-2-8-25(22,23)21-14-7-6-12(9-14)16(21)11-24-15-5-3-4-13(10-15)17(18,19)20/h2-5,10,12,14,16H,1,6-9,11H2/t12-,14-,16+/m1/s1. The van der Waals surface area contributed by atoms with Crippen LogP contribution in [0, 0.1) is 5.92 Å². The third kappa shape index (κ3) is 3.69. The van der Waals surface area contributed by atoms with E-state index in [2.05, 4.69) is 6.58 Å². The Labute approximate surface area is 145 Å². The molecule has 138 valence electrons. The molecule has 2 fully saturated rings. The van der Waals surface area contributed by atoms with E-state index in [1.165, 1.54) is 22.5 Å². The fourth-order valence-corrected chi connectivity index (χ4v) is 5.63. The first-order valence-corrected chi connectivity index (χ1v) is 9.75. The van der Waals surface area contributed by atoms with Crippen LogP contribution >= 0.6 is 0 Å². The summed E-state index contributed by atoms with van der Waals surface area (Å²) in [5, 5.41) is 0. The molecule has 0 N–H and O–H groups in total. The van der Waals surface area contributed by atoms with E-state index >= 15 is 0 Å². The summed E-state index contributed by atoms with van der Waals surface area (Å²) in [5.74, 6) is 0.144. The number of hydrogen-bond acceptors (Lipinski definition) is 3. The number of hydrogen-bond donors (Lipinski definition) is 0. The Hall–Kier alpha value is -1.54. The largest absolute Gasteiger partial charge is 0.492 e. The molecule has 3 atom stereocenters. The molecular weight excluding hydrogens is 355 g/mol. The predicted molar refractivity (Wildman–Crippen MR) is 87.7 cm³/mol. The van der Waals surface area contributed by atoms with Crippen molar-refractivity contribution >= 4 is 10.0 Å². The highest BCUT2D eigenvalue weighted by atomic mass is 32.2. The minimum atomic E-state index is -4.44. The van der Waals surface area contributed by atoms with Crippen LogP contribution in [0.25, 0.3) is 0 Å². The third-order valence-corrected chi connectivity index (χ3v) is 6.78. The number of ether oxygens (including phenoxy) is 1. The molecule has 25 heavy (non-hydrogen) atoms. The monoisotopic (exact) mass is 375 g/mol. The second-order valence-electron chi connectivity index (χ2n) is 6.53. The summed E-state index contributed by atoms with van der Waals surface area (Å²) < 4.78 is 70.4. The maximum atomic E-state index is 12.8. The van der Waals surface area contributed by atoms with E-state index in [1.54, 1.807) is 0 Å². The molecule has 2 aliphatic rings. The smallest absolute Gasteiger partial charge is 0.416 e. The van der Waals surface area contributed by atoms with E-state index in [1.807, 2.05) is 0 Å². The van der Waals surface area contributed by atoms with Gasteiger partial charge in [0.25, 0.3) is 0 Å². The number of halogens is 3. The molecule has 0 spiro atoms. The molecule has 2 bridgehead atoms. The van der Waals surface area contributed by atoms with E-state index in [4.69, 9.17) is 4.74 Å². The zero-order valence-electron chi connectivity index (χ0n) is 13.6. The Morgan fingerprint density at radius 3 is 2.76 bits per heavy atom. The van der Waals surface area contributed by atoms with Gasteiger partial charge < -0.3 is 4.74 Å². The van der Waals surface area contributed by atoms with Gasteiger partial charge in [-0.3, -0.25) is 0 Å². The molecule has 1 aliphatic carbocycles. The Morgan fingerprint density at radius 2 is 2.08 bits per heavy atom. The summed E-state index contributed by atoms with van der Waals surface area (Å²) in [6.07, 6.45) is -0.563. The van der Waals surface area contributed by atoms with Gasteiger partial charge in [-0.25, -0.2) is 8.42 Å². The molecule has 1 saturated carbocycles. The van der Waals surface area contributed by atoms with Crippen LogP contribution in [0.4, 0.5) is 13.2 Å². The van der Waals surface area contributed by atoms with E-state index in [9.17, 15) is 21.6 Å². The molecule has 0 radical (unpaired) electrons. The number of rotatable bonds is 6. The first-order valence-electron chi connectivity index (χ1n) is 8.14. The number of benzene rings is 1. The molecule has 0 aromatic heterocycles. The lowest BCUT2D eigenvalue weighted by molar-refractivity contribution is -0.137. The molecule has 1 aromatic rings. The van der Waals surface area contributed by atoms with Crippen LogP contribution in [0.1, 0.15) is 24.8 Å². The van der Waals surface area contributed by atoms with Gasteiger partial charge in [0.05, 0.1) is 17.4 Å². The van der Waals surface area contributed by atoms with Crippen molar-refractivity contribution in [3.63, 3.8) is 0 Å². The van der Waals surface area contributed by atoms with Crippen LogP contribution in [0.15, 0.2) is 36.9 Å². The third-order valence-electron chi connectivity index (χ3n) is 4.91. The Balaban J connectivity index is 1.75. The molecule has 1 aromatic carbocycles. The van der Waals surface area contributed by atoms with E-state index < -0.39 is 21.8 Å². The molecule has 0 unspecified atom stereocenters. The maximum absolute atomic E-state index is 12.8. The van der Waals surface area contributed by atoms with Crippen LogP contribution < -0.4 is 4.74 Å². The van der Waals surface area contributed by atoms with E-state index in [0.29, 0.717) is 0 Å². The van der Waals surface area contributed by atoms with Gasteiger partial charge in [0, 0.05) is 6.04 Å². The fraction of sp³-hybridized carbons (Fsp3) is 0.529. The van der Waals surface area contributed by atoms with Crippen LogP contribution in [-0.4, -0.2) is 37.2 Å². The van der Waals surface area contributed by atoms with Gasteiger partial charge in [0.2, 0.25) is 10.0 Å². The summed E-state index contributed by atoms with van der Waals surface area (Å²) in [6.45, 7) is 3.54. The SMILES string of the molecule is C=CCS(=O)(=O)N1[C@@H]2CC[C@H](C2)[C@@H]1COc1cccc(C(F)(F)F)c1. The van der Waals surface area contributed by atoms with Crippen molar-refractivity contribution < 1.29 is 26.3 Å². The zero-order chi connectivity index (χ0) is 18.2. The van der Waals surface area contributed by atoms with Crippen molar-refractivity contribution in [2.75, 3.05) is 12.4 Å². The fourth-order valence-electron chi connectivity index (χ4n) is 3.87. The first kappa shape index (κ1) is 18.3. The molecule has 8 heteroatoms. The van der Waals surface area contributed by atoms with Crippen molar-refractivity contribution in [1.29, 1.82) is 0 Å². The van der Waals surface area contributed by atoms with Crippen molar-refractivity contribution in [1.82, 2.24) is 4.31 Å². The highest BCUT2D eigenvalue weighted by Gasteiger charge is 2.50. The summed E-state index contributed by atoms with van der Waals surface area (Å²) in [7, 11) is -3.47. The molecule has 1 aliphatic heterocycles. The van der Waals surface area contributed by atoms with Gasteiger partial charge in [-0.1, -0.05) is 12.1 Å². The van der Waals surface area contributed by atoms with Gasteiger partial charge in [-0.15, -0.1) is 6.58 Å². The lowest BCUT2D eigenvalue weighted by atomic mass is 10.0. The molecule has 0 amide bonds. The van der Waals surface area contributed by atoms with Gasteiger partial charge in [-0.05, 0) is 43.4 Å². The Bertz CT molecular complexity index is 748. The number of nitrogens with zero attached hydrogens (tertiary/aromatic N) is 1. The number of piperidine rings is 1. The highest BCUT2D eigenvalue weighted by molar-refractivity contribution is 7.89. The van der Waals surface area contributed by atoms with Gasteiger partial charge >= 0.3 is 6.18 Å². The molecule has 1 saturated heterocycles. The second kappa shape index (κ2) is 6.64. The summed E-state index contributed by atoms with van der Waals surface area (Å²) >= 11 is 0. The maximum Gasteiger partial charge on any atom is 0.416 e. The van der Waals surface area contributed by atoms with Crippen molar-refractivity contribution in [3.8, 4) is 5.75 Å². The summed E-state index contributed by atoms with van der Waals surface area (Å²) in [6, 6.07) is 4.28. The molecule has 1 heterocycles. The lowest BCUT2D eigenvalue weighted by Crippen LogP contribution is -2.48. The minimum Gasteiger partial charge on any atom is -0.492 e. The molecule has 4 nitrogen and oxygen atoms in total. The quantitative estimate of drug-likeness (QED) is 0.716. The van der Waals surface area contributed by atoms with Crippen molar-refractivity contribution in [2.24, 2.45) is 5.92 Å². The predicted octanol–water partition coefficient (Wildman–Crippen LogP) is 3.45. The lowest BCUT2D eigenvalue weighted by Gasteiger charge is -2.33. The van der Waals surface area contributed by atoms with E-state index in [0.717, 1.165) is 31.4 Å². The zero-order valence-corrected chi connectivity index (χ0v) is 14.4. The van der Waals surface area contributed by atoms with Gasteiger partial charge in [-0.2, -0.15) is 17.5 Å². The average Bonchev–Trinajstić information content (AvgIpc) is 3.13. The van der Waals surface area contributed by atoms with Crippen molar-refractivity contribution in [3.05, 3.63) is 42.5 Å². The Kier molecular flexibility index (Phi) is 4.85. The van der Waals surface area contributed by atoms with Gasteiger partial charge in [0.15, 0.2) is 0 Å². The topological polar surface area (TPSA) is 46.6 Å². The molecular formula is C17H20F3NO3S. The van der Waals surface area contributed by atoms with Crippen LogP contribution in [0.3, 0.4) is 0 Å². The number of sulfonamides is 1. The number of alkyl halides is 3. The average molecular weight is 375 g/mol. The minimum absolute atomic E-state index is 0.0370. The van der Waals surface area contributed by atoms with Crippen LogP contribution in [-0.2, 0) is 16.2 Å². The summed E-state index contributed by atoms with van der Waals surface area (Å²) in [4.78, 5) is 0. The second-order valence-corrected chi connectivity index (χ2v) is 8.45. The first-order chi connectivity index (χ1) is 11.7. The summed E-state index contributed by atoms with van der Waals surface area (Å²) in [5.41, 5.74) is -0.783. The normalized spacial score (nSPS) is 26.8. The molecule has 3 rings (SSSR count). The van der Waals surface area contributed by atoms with E-state index in [-0.39, 0.29) is 36.1 Å². The van der Waals surface area contributed by atoms with Gasteiger partial charge in [0.1, 0.15) is 12.4 Å². The van der Waals surface area contributed by atoms with Crippen molar-refractivity contribution in [2.45, 2.75) is 37.5 Å². The van der Waals surface area contributed by atoms with Crippen LogP contribution in [0.2, 0.25) is 0 Å².